The largest absolute Gasteiger partial charge is 0.354 e. The topological polar surface area (TPSA) is 73.5 Å². The standard InChI is InChI=1S/C24H28Cl2N4O2S/c1-16-3-2-4-19(13-16)28-23(32)30-11-8-24(9-12-30)29-21(15-33-24)22(31)27-10-7-17-5-6-18(25)14-20(17)26/h2-6,13-14,21,29H,7-12,15H2,1H3,(H,27,31)(H,28,32). The Morgan fingerprint density at radius 2 is 1.97 bits per heavy atom. The molecule has 2 heterocycles. The summed E-state index contributed by atoms with van der Waals surface area (Å²) in [5, 5.41) is 10.8. The number of rotatable bonds is 5. The third-order valence-electron chi connectivity index (χ3n) is 6.12. The molecule has 4 rings (SSSR count). The maximum atomic E-state index is 12.7. The molecule has 0 saturated carbocycles. The molecule has 2 aliphatic heterocycles. The molecule has 1 atom stereocenters. The Bertz CT molecular complexity index is 1030. The van der Waals surface area contributed by atoms with Crippen molar-refractivity contribution in [3.05, 3.63) is 63.6 Å². The average Bonchev–Trinajstić information content (AvgIpc) is 3.19. The Morgan fingerprint density at radius 1 is 1.18 bits per heavy atom. The first-order valence-corrected chi connectivity index (χ1v) is 12.8. The second-order valence-electron chi connectivity index (χ2n) is 8.57. The SMILES string of the molecule is Cc1cccc(NC(=O)N2CCC3(CC2)NC(C(=O)NCCc2ccc(Cl)cc2Cl)CS3)c1. The molecule has 0 aromatic heterocycles. The van der Waals surface area contributed by atoms with Gasteiger partial charge in [0.05, 0.1) is 10.9 Å². The van der Waals surface area contributed by atoms with E-state index in [-0.39, 0.29) is 22.9 Å². The molecular formula is C24H28Cl2N4O2S. The molecule has 2 saturated heterocycles. The number of halogens is 2. The van der Waals surface area contributed by atoms with Crippen molar-refractivity contribution in [1.82, 2.24) is 15.5 Å². The van der Waals surface area contributed by atoms with E-state index in [1.54, 1.807) is 23.9 Å². The highest BCUT2D eigenvalue weighted by molar-refractivity contribution is 8.01. The number of piperidine rings is 1. The molecule has 2 fully saturated rings. The lowest BCUT2D eigenvalue weighted by atomic mass is 10.0. The zero-order valence-corrected chi connectivity index (χ0v) is 20.8. The van der Waals surface area contributed by atoms with Gasteiger partial charge in [-0.15, -0.1) is 11.8 Å². The van der Waals surface area contributed by atoms with Gasteiger partial charge in [0.25, 0.3) is 0 Å². The van der Waals surface area contributed by atoms with Crippen LogP contribution in [0.3, 0.4) is 0 Å². The number of carbonyl (C=O) groups excluding carboxylic acids is 2. The van der Waals surface area contributed by atoms with Gasteiger partial charge in [0.15, 0.2) is 0 Å². The highest BCUT2D eigenvalue weighted by atomic mass is 35.5. The summed E-state index contributed by atoms with van der Waals surface area (Å²) in [7, 11) is 0. The second-order valence-corrected chi connectivity index (χ2v) is 10.8. The maximum absolute atomic E-state index is 12.7. The zero-order chi connectivity index (χ0) is 23.4. The fraction of sp³-hybridized carbons (Fsp3) is 0.417. The molecule has 9 heteroatoms. The number of benzene rings is 2. The van der Waals surface area contributed by atoms with Gasteiger partial charge in [-0.2, -0.15) is 0 Å². The molecule has 3 amide bonds. The molecule has 2 aromatic carbocycles. The van der Waals surface area contributed by atoms with Crippen LogP contribution in [-0.4, -0.2) is 53.1 Å². The van der Waals surface area contributed by atoms with E-state index in [2.05, 4.69) is 16.0 Å². The summed E-state index contributed by atoms with van der Waals surface area (Å²) in [6.07, 6.45) is 2.27. The summed E-state index contributed by atoms with van der Waals surface area (Å²) in [5.74, 6) is 0.729. The molecule has 176 valence electrons. The second kappa shape index (κ2) is 10.6. The van der Waals surface area contributed by atoms with E-state index in [1.807, 2.05) is 42.2 Å². The fourth-order valence-electron chi connectivity index (χ4n) is 4.24. The number of likely N-dealkylation sites (tertiary alicyclic amines) is 1. The number of hydrogen-bond donors (Lipinski definition) is 3. The minimum atomic E-state index is -0.233. The first-order chi connectivity index (χ1) is 15.8. The number of anilines is 1. The number of nitrogens with one attached hydrogen (secondary N) is 3. The number of urea groups is 1. The molecule has 2 aromatic rings. The maximum Gasteiger partial charge on any atom is 0.321 e. The number of hydrogen-bond acceptors (Lipinski definition) is 4. The van der Waals surface area contributed by atoms with Crippen molar-refractivity contribution in [2.24, 2.45) is 0 Å². The van der Waals surface area contributed by atoms with Crippen LogP contribution in [0.5, 0.6) is 0 Å². The van der Waals surface area contributed by atoms with E-state index in [1.165, 1.54) is 0 Å². The minimum absolute atomic E-state index is 0.00378. The fourth-order valence-corrected chi connectivity index (χ4v) is 6.16. The van der Waals surface area contributed by atoms with E-state index in [0.717, 1.165) is 35.4 Å². The van der Waals surface area contributed by atoms with Crippen LogP contribution in [0.25, 0.3) is 0 Å². The molecular weight excluding hydrogens is 479 g/mol. The molecule has 1 spiro atoms. The van der Waals surface area contributed by atoms with Crippen LogP contribution in [0.15, 0.2) is 42.5 Å². The van der Waals surface area contributed by atoms with E-state index in [4.69, 9.17) is 23.2 Å². The van der Waals surface area contributed by atoms with Crippen molar-refractivity contribution in [3.63, 3.8) is 0 Å². The lowest BCUT2D eigenvalue weighted by Crippen LogP contribution is -2.55. The summed E-state index contributed by atoms with van der Waals surface area (Å²) in [4.78, 5) is 27.0. The van der Waals surface area contributed by atoms with Crippen molar-refractivity contribution in [1.29, 1.82) is 0 Å². The first kappa shape index (κ1) is 24.2. The van der Waals surface area contributed by atoms with Gasteiger partial charge in [-0.3, -0.25) is 10.1 Å². The summed E-state index contributed by atoms with van der Waals surface area (Å²) in [6.45, 7) is 3.83. The summed E-state index contributed by atoms with van der Waals surface area (Å²) < 4.78 is 0. The van der Waals surface area contributed by atoms with Crippen LogP contribution in [0, 0.1) is 6.92 Å². The number of aryl methyl sites for hydroxylation is 1. The predicted octanol–water partition coefficient (Wildman–Crippen LogP) is 4.69. The molecule has 33 heavy (non-hydrogen) atoms. The number of amides is 3. The van der Waals surface area contributed by atoms with E-state index >= 15 is 0 Å². The van der Waals surface area contributed by atoms with Gasteiger partial charge in [-0.05, 0) is 61.6 Å². The van der Waals surface area contributed by atoms with E-state index in [9.17, 15) is 9.59 Å². The van der Waals surface area contributed by atoms with E-state index in [0.29, 0.717) is 36.1 Å². The van der Waals surface area contributed by atoms with Crippen LogP contribution in [0.4, 0.5) is 10.5 Å². The lowest BCUT2D eigenvalue weighted by Gasteiger charge is -2.39. The summed E-state index contributed by atoms with van der Waals surface area (Å²) >= 11 is 13.9. The number of carbonyl (C=O) groups is 2. The van der Waals surface area contributed by atoms with Crippen LogP contribution in [0.1, 0.15) is 24.0 Å². The smallest absolute Gasteiger partial charge is 0.321 e. The van der Waals surface area contributed by atoms with Crippen LogP contribution >= 0.6 is 35.0 Å². The van der Waals surface area contributed by atoms with Crippen LogP contribution in [0.2, 0.25) is 10.0 Å². The van der Waals surface area contributed by atoms with Gasteiger partial charge in [0.1, 0.15) is 0 Å². The normalized spacial score (nSPS) is 19.5. The Morgan fingerprint density at radius 3 is 2.70 bits per heavy atom. The monoisotopic (exact) mass is 506 g/mol. The average molecular weight is 507 g/mol. The molecule has 1 unspecified atom stereocenters. The van der Waals surface area contributed by atoms with Gasteiger partial charge < -0.3 is 15.5 Å². The van der Waals surface area contributed by atoms with Gasteiger partial charge in [-0.1, -0.05) is 41.4 Å². The van der Waals surface area contributed by atoms with Crippen molar-refractivity contribution in [3.8, 4) is 0 Å². The van der Waals surface area contributed by atoms with Crippen LogP contribution < -0.4 is 16.0 Å². The van der Waals surface area contributed by atoms with Crippen molar-refractivity contribution in [2.45, 2.75) is 37.1 Å². The molecule has 0 radical (unpaired) electrons. The molecule has 0 bridgehead atoms. The van der Waals surface area contributed by atoms with Crippen LogP contribution in [-0.2, 0) is 11.2 Å². The number of thioether (sulfide) groups is 1. The number of nitrogens with zero attached hydrogens (tertiary/aromatic N) is 1. The summed E-state index contributed by atoms with van der Waals surface area (Å²) in [5.41, 5.74) is 2.88. The van der Waals surface area contributed by atoms with Crippen molar-refractivity contribution < 1.29 is 9.59 Å². The van der Waals surface area contributed by atoms with E-state index < -0.39 is 0 Å². The molecule has 3 N–H and O–H groups in total. The van der Waals surface area contributed by atoms with Gasteiger partial charge in [-0.25, -0.2) is 4.79 Å². The quantitative estimate of drug-likeness (QED) is 0.549. The summed E-state index contributed by atoms with van der Waals surface area (Å²) in [6, 6.07) is 12.9. The molecule has 6 nitrogen and oxygen atoms in total. The minimum Gasteiger partial charge on any atom is -0.354 e. The van der Waals surface area contributed by atoms with Gasteiger partial charge in [0, 0.05) is 41.1 Å². The van der Waals surface area contributed by atoms with Gasteiger partial charge >= 0.3 is 6.03 Å². The lowest BCUT2D eigenvalue weighted by molar-refractivity contribution is -0.122. The Labute approximate surface area is 208 Å². The Balaban J connectivity index is 1.22. The first-order valence-electron chi connectivity index (χ1n) is 11.1. The molecule has 0 aliphatic carbocycles. The highest BCUT2D eigenvalue weighted by Gasteiger charge is 2.44. The Hall–Kier alpha value is -1.93. The van der Waals surface area contributed by atoms with Gasteiger partial charge in [0.2, 0.25) is 5.91 Å². The zero-order valence-electron chi connectivity index (χ0n) is 18.5. The predicted molar refractivity (Wildman–Crippen MR) is 136 cm³/mol. The highest BCUT2D eigenvalue weighted by Crippen LogP contribution is 2.39. The third-order valence-corrected chi connectivity index (χ3v) is 8.28. The van der Waals surface area contributed by atoms with Crippen molar-refractivity contribution in [2.75, 3.05) is 30.7 Å². The van der Waals surface area contributed by atoms with Crippen molar-refractivity contribution >= 4 is 52.6 Å². The third kappa shape index (κ3) is 6.15. The molecule has 2 aliphatic rings. The Kier molecular flexibility index (Phi) is 7.74.